The summed E-state index contributed by atoms with van der Waals surface area (Å²) in [5, 5.41) is 29.9. The molecule has 122 valence electrons. The fourth-order valence-electron chi connectivity index (χ4n) is 4.14. The topological polar surface area (TPSA) is 63.9 Å². The van der Waals surface area contributed by atoms with Gasteiger partial charge in [0.2, 0.25) is 0 Å². The average molecular weight is 305 g/mol. The van der Waals surface area contributed by atoms with Gasteiger partial charge in [-0.25, -0.2) is 0 Å². The van der Waals surface area contributed by atoms with Crippen molar-refractivity contribution in [1.82, 2.24) is 4.90 Å². The molecule has 3 atom stereocenters. The number of hydrogen-bond donors (Lipinski definition) is 3. The van der Waals surface area contributed by atoms with E-state index < -0.39 is 0 Å². The minimum atomic E-state index is -0.263. The molecule has 0 aliphatic carbocycles. The number of aliphatic hydroxyl groups is 2. The van der Waals surface area contributed by atoms with Crippen molar-refractivity contribution in [3.8, 4) is 5.75 Å². The van der Waals surface area contributed by atoms with Gasteiger partial charge in [-0.3, -0.25) is 4.90 Å². The summed E-state index contributed by atoms with van der Waals surface area (Å²) in [4.78, 5) is 2.47. The predicted molar refractivity (Wildman–Crippen MR) is 85.6 cm³/mol. The third-order valence-electron chi connectivity index (χ3n) is 5.23. The molecule has 3 rings (SSSR count). The van der Waals surface area contributed by atoms with E-state index in [2.05, 4.69) is 18.7 Å². The minimum Gasteiger partial charge on any atom is -0.508 e. The summed E-state index contributed by atoms with van der Waals surface area (Å²) >= 11 is 0. The molecule has 2 aliphatic rings. The Kier molecular flexibility index (Phi) is 4.44. The molecule has 4 heteroatoms. The first-order valence-electron chi connectivity index (χ1n) is 8.37. The molecular weight excluding hydrogens is 278 g/mol. The van der Waals surface area contributed by atoms with Crippen LogP contribution in [-0.2, 0) is 13.0 Å². The molecule has 2 aliphatic heterocycles. The maximum Gasteiger partial charge on any atom is 0.121 e. The van der Waals surface area contributed by atoms with E-state index in [0.29, 0.717) is 17.4 Å². The van der Waals surface area contributed by atoms with Crippen molar-refractivity contribution >= 4 is 0 Å². The number of piperidine rings is 1. The van der Waals surface area contributed by atoms with Crippen LogP contribution in [0.3, 0.4) is 0 Å². The van der Waals surface area contributed by atoms with Gasteiger partial charge in [0.15, 0.2) is 0 Å². The van der Waals surface area contributed by atoms with Crippen molar-refractivity contribution in [1.29, 1.82) is 0 Å². The van der Waals surface area contributed by atoms with Crippen molar-refractivity contribution in [2.75, 3.05) is 13.1 Å². The fourth-order valence-corrected chi connectivity index (χ4v) is 4.14. The highest BCUT2D eigenvalue weighted by atomic mass is 16.3. The maximum absolute atomic E-state index is 10.5. The molecule has 1 aromatic rings. The van der Waals surface area contributed by atoms with Gasteiger partial charge >= 0.3 is 0 Å². The van der Waals surface area contributed by atoms with Crippen molar-refractivity contribution < 1.29 is 15.3 Å². The first-order valence-corrected chi connectivity index (χ1v) is 8.37. The van der Waals surface area contributed by atoms with Gasteiger partial charge in [0.05, 0.1) is 12.7 Å². The number of benzene rings is 1. The SMILES string of the molecule is CC(C)C[C@@H]1CN2CCc3cc(O)c(CO)cc3[C@H]2C[C@H]1O. The number of hydrogen-bond acceptors (Lipinski definition) is 4. The molecule has 22 heavy (non-hydrogen) atoms. The van der Waals surface area contributed by atoms with Gasteiger partial charge in [-0.15, -0.1) is 0 Å². The molecule has 0 spiro atoms. The van der Waals surface area contributed by atoms with Crippen LogP contribution in [0.2, 0.25) is 0 Å². The summed E-state index contributed by atoms with van der Waals surface area (Å²) in [5.41, 5.74) is 2.92. The van der Waals surface area contributed by atoms with E-state index >= 15 is 0 Å². The summed E-state index contributed by atoms with van der Waals surface area (Å²) in [6.07, 6.45) is 2.48. The molecule has 0 radical (unpaired) electrons. The van der Waals surface area contributed by atoms with Crippen LogP contribution in [0.15, 0.2) is 12.1 Å². The summed E-state index contributed by atoms with van der Waals surface area (Å²) in [5.74, 6) is 1.14. The summed E-state index contributed by atoms with van der Waals surface area (Å²) in [6, 6.07) is 3.94. The lowest BCUT2D eigenvalue weighted by Crippen LogP contribution is -2.48. The van der Waals surface area contributed by atoms with E-state index in [9.17, 15) is 15.3 Å². The van der Waals surface area contributed by atoms with Gasteiger partial charge < -0.3 is 15.3 Å². The third kappa shape index (κ3) is 2.87. The number of phenols is 1. The van der Waals surface area contributed by atoms with Gasteiger partial charge in [-0.1, -0.05) is 13.8 Å². The molecule has 1 aromatic carbocycles. The van der Waals surface area contributed by atoms with Gasteiger partial charge in [0.1, 0.15) is 5.75 Å². The monoisotopic (exact) mass is 305 g/mol. The Morgan fingerprint density at radius 1 is 1.32 bits per heavy atom. The Hall–Kier alpha value is -1.10. The lowest BCUT2D eigenvalue weighted by atomic mass is 9.79. The van der Waals surface area contributed by atoms with Gasteiger partial charge in [-0.05, 0) is 54.4 Å². The molecule has 0 saturated carbocycles. The van der Waals surface area contributed by atoms with Crippen LogP contribution in [0.5, 0.6) is 5.75 Å². The second kappa shape index (κ2) is 6.19. The zero-order chi connectivity index (χ0) is 15.9. The summed E-state index contributed by atoms with van der Waals surface area (Å²) in [7, 11) is 0. The highest BCUT2D eigenvalue weighted by Crippen LogP contribution is 2.41. The minimum absolute atomic E-state index is 0.148. The van der Waals surface area contributed by atoms with Gasteiger partial charge in [0.25, 0.3) is 0 Å². The largest absolute Gasteiger partial charge is 0.508 e. The second-order valence-electron chi connectivity index (χ2n) is 7.29. The van der Waals surface area contributed by atoms with E-state index in [1.807, 2.05) is 6.07 Å². The van der Waals surface area contributed by atoms with E-state index in [0.717, 1.165) is 37.9 Å². The van der Waals surface area contributed by atoms with Crippen LogP contribution in [0, 0.1) is 11.8 Å². The van der Waals surface area contributed by atoms with Crippen LogP contribution in [0.25, 0.3) is 0 Å². The predicted octanol–water partition coefficient (Wildman–Crippen LogP) is 2.21. The number of fused-ring (bicyclic) bond motifs is 3. The molecule has 1 fully saturated rings. The Balaban J connectivity index is 1.86. The normalized spacial score (nSPS) is 28.5. The molecular formula is C18H27NO3. The Morgan fingerprint density at radius 2 is 2.09 bits per heavy atom. The second-order valence-corrected chi connectivity index (χ2v) is 7.29. The maximum atomic E-state index is 10.5. The van der Waals surface area contributed by atoms with Gasteiger partial charge in [0, 0.05) is 24.7 Å². The molecule has 0 bridgehead atoms. The zero-order valence-electron chi connectivity index (χ0n) is 13.5. The lowest BCUT2D eigenvalue weighted by molar-refractivity contribution is -0.0191. The number of nitrogens with zero attached hydrogens (tertiary/aromatic N) is 1. The summed E-state index contributed by atoms with van der Waals surface area (Å²) < 4.78 is 0. The molecule has 4 nitrogen and oxygen atoms in total. The average Bonchev–Trinajstić information content (AvgIpc) is 2.47. The Morgan fingerprint density at radius 3 is 2.77 bits per heavy atom. The molecule has 1 saturated heterocycles. The van der Waals surface area contributed by atoms with Crippen LogP contribution in [-0.4, -0.2) is 39.4 Å². The number of rotatable bonds is 3. The molecule has 3 N–H and O–H groups in total. The van der Waals surface area contributed by atoms with Crippen molar-refractivity contribution in [2.24, 2.45) is 11.8 Å². The van der Waals surface area contributed by atoms with Crippen LogP contribution in [0.4, 0.5) is 0 Å². The van der Waals surface area contributed by atoms with E-state index in [-0.39, 0.29) is 24.5 Å². The highest BCUT2D eigenvalue weighted by molar-refractivity contribution is 5.44. The Labute approximate surface area is 132 Å². The van der Waals surface area contributed by atoms with Crippen LogP contribution < -0.4 is 0 Å². The van der Waals surface area contributed by atoms with Gasteiger partial charge in [-0.2, -0.15) is 0 Å². The standard InChI is InChI=1S/C18H27NO3/c1-11(2)5-13-9-19-4-3-12-7-17(21)14(10-20)6-15(12)16(19)8-18(13)22/h6-7,11,13,16,18,20-22H,3-5,8-10H2,1-2H3/t13-,16-,18-/m1/s1. The van der Waals surface area contributed by atoms with Crippen molar-refractivity contribution in [3.05, 3.63) is 28.8 Å². The smallest absolute Gasteiger partial charge is 0.121 e. The first kappa shape index (κ1) is 15.8. The highest BCUT2D eigenvalue weighted by Gasteiger charge is 2.38. The molecule has 0 amide bonds. The fraction of sp³-hybridized carbons (Fsp3) is 0.667. The zero-order valence-corrected chi connectivity index (χ0v) is 13.5. The number of aromatic hydroxyl groups is 1. The van der Waals surface area contributed by atoms with Crippen molar-refractivity contribution in [2.45, 2.75) is 51.9 Å². The molecule has 0 unspecified atom stereocenters. The van der Waals surface area contributed by atoms with Crippen LogP contribution in [0.1, 0.15) is 49.4 Å². The lowest BCUT2D eigenvalue weighted by Gasteiger charge is -2.46. The van der Waals surface area contributed by atoms with Crippen LogP contribution >= 0.6 is 0 Å². The molecule has 2 heterocycles. The first-order chi connectivity index (χ1) is 10.5. The Bertz CT molecular complexity index is 543. The third-order valence-corrected chi connectivity index (χ3v) is 5.23. The quantitative estimate of drug-likeness (QED) is 0.801. The van der Waals surface area contributed by atoms with E-state index in [1.165, 1.54) is 5.56 Å². The number of aliphatic hydroxyl groups excluding tert-OH is 2. The summed E-state index contributed by atoms with van der Waals surface area (Å²) in [6.45, 7) is 6.20. The molecule has 0 aromatic heterocycles. The van der Waals surface area contributed by atoms with E-state index in [1.54, 1.807) is 6.07 Å². The van der Waals surface area contributed by atoms with Crippen molar-refractivity contribution in [3.63, 3.8) is 0 Å². The van der Waals surface area contributed by atoms with E-state index in [4.69, 9.17) is 0 Å².